The summed E-state index contributed by atoms with van der Waals surface area (Å²) in [6.45, 7) is 4.03. The number of ether oxygens (including phenoxy) is 1. The van der Waals surface area contributed by atoms with E-state index in [1.165, 1.54) is 6.08 Å². The van der Waals surface area contributed by atoms with Crippen LogP contribution < -0.4 is 10.1 Å². The van der Waals surface area contributed by atoms with E-state index >= 15 is 0 Å². The zero-order valence-electron chi connectivity index (χ0n) is 16.6. The number of fused-ring (bicyclic) bond motifs is 1. The molecule has 3 rings (SSSR count). The van der Waals surface area contributed by atoms with Crippen molar-refractivity contribution in [3.05, 3.63) is 80.8 Å². The monoisotopic (exact) mass is 482 g/mol. The van der Waals surface area contributed by atoms with E-state index in [4.69, 9.17) is 16.3 Å². The maximum absolute atomic E-state index is 12.1. The molecule has 0 fully saturated rings. The number of nitrogens with zero attached hydrogens (tertiary/aromatic N) is 1. The molecule has 0 bridgehead atoms. The number of hydrogen-bond acceptors (Lipinski definition) is 3. The molecule has 0 unspecified atom stereocenters. The normalized spacial score (nSPS) is 11.4. The third-order valence-corrected chi connectivity index (χ3v) is 5.24. The molecule has 1 N–H and O–H groups in total. The van der Waals surface area contributed by atoms with Crippen molar-refractivity contribution >= 4 is 50.3 Å². The average Bonchev–Trinajstić information content (AvgIpc) is 2.71. The van der Waals surface area contributed by atoms with Crippen LogP contribution in [0.1, 0.15) is 25.0 Å². The largest absolute Gasteiger partial charge is 0.486 e. The third-order valence-electron chi connectivity index (χ3n) is 4.37. The summed E-state index contributed by atoms with van der Waals surface area (Å²) in [5, 5.41) is 14.7. The van der Waals surface area contributed by atoms with Gasteiger partial charge in [0.25, 0.3) is 5.91 Å². The van der Waals surface area contributed by atoms with Crippen LogP contribution in [0.3, 0.4) is 0 Å². The number of nitrogens with one attached hydrogen (secondary N) is 1. The maximum Gasteiger partial charge on any atom is 0.262 e. The van der Waals surface area contributed by atoms with Gasteiger partial charge in [0.2, 0.25) is 0 Å². The molecular formula is C24H20BrClN2O2. The quantitative estimate of drug-likeness (QED) is 0.332. The van der Waals surface area contributed by atoms with Gasteiger partial charge >= 0.3 is 0 Å². The van der Waals surface area contributed by atoms with E-state index in [0.29, 0.717) is 27.4 Å². The van der Waals surface area contributed by atoms with Crippen LogP contribution in [0.25, 0.3) is 16.8 Å². The lowest BCUT2D eigenvalue weighted by atomic mass is 10.1. The lowest BCUT2D eigenvalue weighted by Crippen LogP contribution is -2.30. The first-order valence-electron chi connectivity index (χ1n) is 9.40. The molecule has 0 saturated carbocycles. The molecule has 6 heteroatoms. The lowest BCUT2D eigenvalue weighted by molar-refractivity contribution is -0.117. The molecular weight excluding hydrogens is 464 g/mol. The first kappa shape index (κ1) is 21.9. The number of rotatable bonds is 6. The third kappa shape index (κ3) is 5.21. The van der Waals surface area contributed by atoms with Crippen molar-refractivity contribution < 1.29 is 9.53 Å². The van der Waals surface area contributed by atoms with Gasteiger partial charge in [0.1, 0.15) is 18.2 Å². The molecule has 0 aliphatic heterocycles. The van der Waals surface area contributed by atoms with E-state index in [0.717, 1.165) is 16.3 Å². The second-order valence-electron chi connectivity index (χ2n) is 7.04. The van der Waals surface area contributed by atoms with Crippen molar-refractivity contribution in [1.82, 2.24) is 5.32 Å². The number of amides is 1. The average molecular weight is 484 g/mol. The maximum atomic E-state index is 12.1. The molecule has 152 valence electrons. The molecule has 0 spiro atoms. The minimum Gasteiger partial charge on any atom is -0.486 e. The van der Waals surface area contributed by atoms with Crippen molar-refractivity contribution in [3.8, 4) is 11.8 Å². The zero-order chi connectivity index (χ0) is 21.7. The summed E-state index contributed by atoms with van der Waals surface area (Å²) in [6.07, 6.45) is 1.50. The van der Waals surface area contributed by atoms with Gasteiger partial charge < -0.3 is 10.1 Å². The van der Waals surface area contributed by atoms with Gasteiger partial charge in [-0.3, -0.25) is 4.79 Å². The van der Waals surface area contributed by atoms with Crippen LogP contribution in [0.2, 0.25) is 5.02 Å². The van der Waals surface area contributed by atoms with Crippen molar-refractivity contribution in [2.75, 3.05) is 0 Å². The van der Waals surface area contributed by atoms with Gasteiger partial charge in [0.15, 0.2) is 5.75 Å². The predicted molar refractivity (Wildman–Crippen MR) is 124 cm³/mol. The van der Waals surface area contributed by atoms with Gasteiger partial charge in [-0.1, -0.05) is 54.1 Å². The Morgan fingerprint density at radius 1 is 1.23 bits per heavy atom. The highest BCUT2D eigenvalue weighted by atomic mass is 79.9. The minimum absolute atomic E-state index is 0.0103. The first-order valence-corrected chi connectivity index (χ1v) is 10.6. The van der Waals surface area contributed by atoms with Gasteiger partial charge in [-0.05, 0) is 69.9 Å². The fraction of sp³-hybridized carbons (Fsp3) is 0.167. The summed E-state index contributed by atoms with van der Waals surface area (Å²) in [4.78, 5) is 12.1. The second-order valence-corrected chi connectivity index (χ2v) is 8.30. The molecule has 0 aromatic heterocycles. The lowest BCUT2D eigenvalue weighted by Gasteiger charge is -2.13. The molecule has 30 heavy (non-hydrogen) atoms. The smallest absolute Gasteiger partial charge is 0.262 e. The van der Waals surface area contributed by atoms with Crippen LogP contribution in [0, 0.1) is 11.3 Å². The first-order chi connectivity index (χ1) is 14.4. The summed E-state index contributed by atoms with van der Waals surface area (Å²) in [5.41, 5.74) is 1.69. The van der Waals surface area contributed by atoms with E-state index in [2.05, 4.69) is 39.4 Å². The fourth-order valence-corrected chi connectivity index (χ4v) is 4.01. The van der Waals surface area contributed by atoms with Crippen molar-refractivity contribution in [2.45, 2.75) is 26.5 Å². The Kier molecular flexibility index (Phi) is 7.15. The molecule has 0 heterocycles. The SMILES string of the molecule is CC(C)NC(=O)/C(C#N)=C\c1cc(Cl)c(OCc2cccc3ccccc23)c(Br)c1. The summed E-state index contributed by atoms with van der Waals surface area (Å²) in [5.74, 6) is 0.0860. The summed E-state index contributed by atoms with van der Waals surface area (Å²) in [7, 11) is 0. The summed E-state index contributed by atoms with van der Waals surface area (Å²) >= 11 is 9.93. The molecule has 0 saturated heterocycles. The van der Waals surface area contributed by atoms with Crippen LogP contribution >= 0.6 is 27.5 Å². The van der Waals surface area contributed by atoms with Crippen LogP contribution in [0.5, 0.6) is 5.75 Å². The highest BCUT2D eigenvalue weighted by Crippen LogP contribution is 2.36. The number of nitriles is 1. The van der Waals surface area contributed by atoms with Crippen LogP contribution in [-0.2, 0) is 11.4 Å². The number of benzene rings is 3. The van der Waals surface area contributed by atoms with E-state index in [9.17, 15) is 10.1 Å². The highest BCUT2D eigenvalue weighted by molar-refractivity contribution is 9.10. The molecule has 0 atom stereocenters. The van der Waals surface area contributed by atoms with Crippen molar-refractivity contribution in [1.29, 1.82) is 5.26 Å². The molecule has 4 nitrogen and oxygen atoms in total. The predicted octanol–water partition coefficient (Wildman–Crippen LogP) is 6.27. The molecule has 0 aliphatic rings. The fourth-order valence-electron chi connectivity index (χ4n) is 3.02. The molecule has 1 amide bonds. The Balaban J connectivity index is 1.83. The van der Waals surface area contributed by atoms with Gasteiger partial charge in [-0.2, -0.15) is 5.26 Å². The van der Waals surface area contributed by atoms with E-state index < -0.39 is 5.91 Å². The van der Waals surface area contributed by atoms with Gasteiger partial charge in [-0.25, -0.2) is 0 Å². The summed E-state index contributed by atoms with van der Waals surface area (Å²) in [6, 6.07) is 19.5. The topological polar surface area (TPSA) is 62.1 Å². The Bertz CT molecular complexity index is 1140. The van der Waals surface area contributed by atoms with Gasteiger partial charge in [-0.15, -0.1) is 0 Å². The Hall–Kier alpha value is -2.81. The van der Waals surface area contributed by atoms with E-state index in [-0.39, 0.29) is 11.6 Å². The van der Waals surface area contributed by atoms with Crippen LogP contribution in [-0.4, -0.2) is 11.9 Å². The van der Waals surface area contributed by atoms with Crippen molar-refractivity contribution in [2.24, 2.45) is 0 Å². The second kappa shape index (κ2) is 9.80. The van der Waals surface area contributed by atoms with Gasteiger partial charge in [0.05, 0.1) is 9.50 Å². The number of carbonyl (C=O) groups is 1. The Labute approximate surface area is 189 Å². The molecule has 0 aliphatic carbocycles. The molecule has 0 radical (unpaired) electrons. The number of halogens is 2. The van der Waals surface area contributed by atoms with Gasteiger partial charge in [0, 0.05) is 6.04 Å². The summed E-state index contributed by atoms with van der Waals surface area (Å²) < 4.78 is 6.65. The standard InChI is InChI=1S/C24H20BrClN2O2/c1-15(2)28-24(29)19(13-27)10-16-11-21(25)23(22(26)12-16)30-14-18-8-5-7-17-6-3-4-9-20(17)18/h3-12,15H,14H2,1-2H3,(H,28,29)/b19-10-. The Morgan fingerprint density at radius 3 is 2.67 bits per heavy atom. The molecule has 3 aromatic rings. The van der Waals surface area contributed by atoms with Crippen LogP contribution in [0.4, 0.5) is 0 Å². The molecule has 3 aromatic carbocycles. The highest BCUT2D eigenvalue weighted by Gasteiger charge is 2.13. The van der Waals surface area contributed by atoms with Crippen molar-refractivity contribution in [3.63, 3.8) is 0 Å². The van der Waals surface area contributed by atoms with E-state index in [1.807, 2.05) is 44.2 Å². The number of hydrogen-bond donors (Lipinski definition) is 1. The van der Waals surface area contributed by atoms with E-state index in [1.54, 1.807) is 12.1 Å². The van der Waals surface area contributed by atoms with Crippen LogP contribution in [0.15, 0.2) is 64.6 Å². The minimum atomic E-state index is -0.420. The zero-order valence-corrected chi connectivity index (χ0v) is 18.9. The number of carbonyl (C=O) groups excluding carboxylic acids is 1. The Morgan fingerprint density at radius 2 is 1.97 bits per heavy atom.